The van der Waals surface area contributed by atoms with Crippen LogP contribution < -0.4 is 5.73 Å². The molecule has 0 spiro atoms. The van der Waals surface area contributed by atoms with E-state index in [9.17, 15) is 0 Å². The number of hydrogen-bond donors (Lipinski definition) is 1. The second-order valence-electron chi connectivity index (χ2n) is 3.88. The molecule has 0 saturated carbocycles. The standard InChI is InChI=1S/C12H22N2S2/c1-4-10-5-6-12(16-10)11(9-13)14(2)7-8-15-3/h5-6,11H,4,7-9,13H2,1-3H3. The third-order valence-corrected chi connectivity index (χ3v) is 4.68. The van der Waals surface area contributed by atoms with Gasteiger partial charge in [0.25, 0.3) is 0 Å². The van der Waals surface area contributed by atoms with Gasteiger partial charge in [-0.05, 0) is 31.9 Å². The Morgan fingerprint density at radius 2 is 2.25 bits per heavy atom. The second kappa shape index (κ2) is 7.33. The molecule has 4 heteroatoms. The first-order chi connectivity index (χ1) is 7.72. The number of thioether (sulfide) groups is 1. The minimum absolute atomic E-state index is 0.387. The number of nitrogens with zero attached hydrogens (tertiary/aromatic N) is 1. The zero-order chi connectivity index (χ0) is 12.0. The monoisotopic (exact) mass is 258 g/mol. The molecule has 0 amide bonds. The lowest BCUT2D eigenvalue weighted by Gasteiger charge is -2.25. The summed E-state index contributed by atoms with van der Waals surface area (Å²) in [6.07, 6.45) is 3.27. The summed E-state index contributed by atoms with van der Waals surface area (Å²) in [6.45, 7) is 4.00. The fourth-order valence-electron chi connectivity index (χ4n) is 1.67. The van der Waals surface area contributed by atoms with Gasteiger partial charge in [0.2, 0.25) is 0 Å². The van der Waals surface area contributed by atoms with Crippen LogP contribution in [0.15, 0.2) is 12.1 Å². The van der Waals surface area contributed by atoms with Gasteiger partial charge in [-0.1, -0.05) is 6.92 Å². The van der Waals surface area contributed by atoms with E-state index in [-0.39, 0.29) is 0 Å². The Balaban J connectivity index is 2.65. The number of aryl methyl sites for hydroxylation is 1. The Bertz CT molecular complexity index is 299. The Hall–Kier alpha value is -0.0300. The molecule has 1 aromatic rings. The summed E-state index contributed by atoms with van der Waals surface area (Å²) in [5.74, 6) is 1.17. The SMILES string of the molecule is CCc1ccc(C(CN)N(C)CCSC)s1. The lowest BCUT2D eigenvalue weighted by atomic mass is 10.2. The zero-order valence-electron chi connectivity index (χ0n) is 10.4. The van der Waals surface area contributed by atoms with Crippen LogP contribution in [0.5, 0.6) is 0 Å². The van der Waals surface area contributed by atoms with Gasteiger partial charge in [0.15, 0.2) is 0 Å². The van der Waals surface area contributed by atoms with E-state index in [1.54, 1.807) is 0 Å². The average Bonchev–Trinajstić information content (AvgIpc) is 2.76. The topological polar surface area (TPSA) is 29.3 Å². The molecule has 0 radical (unpaired) electrons. The van der Waals surface area contributed by atoms with Gasteiger partial charge in [0.05, 0.1) is 6.04 Å². The highest BCUT2D eigenvalue weighted by Gasteiger charge is 2.16. The van der Waals surface area contributed by atoms with Crippen LogP contribution in [0.25, 0.3) is 0 Å². The third-order valence-electron chi connectivity index (χ3n) is 2.76. The first kappa shape index (κ1) is 14.0. The van der Waals surface area contributed by atoms with Crippen LogP contribution in [0.3, 0.4) is 0 Å². The van der Waals surface area contributed by atoms with E-state index < -0.39 is 0 Å². The molecule has 2 N–H and O–H groups in total. The maximum absolute atomic E-state index is 5.89. The van der Waals surface area contributed by atoms with Crippen molar-refractivity contribution < 1.29 is 0 Å². The van der Waals surface area contributed by atoms with Gasteiger partial charge >= 0.3 is 0 Å². The van der Waals surface area contributed by atoms with E-state index >= 15 is 0 Å². The molecule has 1 heterocycles. The number of rotatable bonds is 7. The average molecular weight is 258 g/mol. The van der Waals surface area contributed by atoms with Crippen molar-refractivity contribution >= 4 is 23.1 Å². The van der Waals surface area contributed by atoms with E-state index in [1.807, 2.05) is 23.1 Å². The van der Waals surface area contributed by atoms with Crippen LogP contribution in [-0.4, -0.2) is 37.0 Å². The number of likely N-dealkylation sites (N-methyl/N-ethyl adjacent to an activating group) is 1. The molecule has 92 valence electrons. The van der Waals surface area contributed by atoms with Crippen LogP contribution in [0, 0.1) is 0 Å². The number of nitrogens with two attached hydrogens (primary N) is 1. The van der Waals surface area contributed by atoms with Gasteiger partial charge in [0.1, 0.15) is 0 Å². The predicted molar refractivity (Wildman–Crippen MR) is 76.5 cm³/mol. The van der Waals surface area contributed by atoms with Crippen molar-refractivity contribution in [2.24, 2.45) is 5.73 Å². The summed E-state index contributed by atoms with van der Waals surface area (Å²) in [7, 11) is 2.17. The van der Waals surface area contributed by atoms with Gasteiger partial charge in [0, 0.05) is 28.6 Å². The van der Waals surface area contributed by atoms with Crippen molar-refractivity contribution in [2.45, 2.75) is 19.4 Å². The number of thiophene rings is 1. The molecule has 0 saturated heterocycles. The van der Waals surface area contributed by atoms with E-state index in [0.29, 0.717) is 12.6 Å². The lowest BCUT2D eigenvalue weighted by Crippen LogP contribution is -2.31. The lowest BCUT2D eigenvalue weighted by molar-refractivity contribution is 0.269. The molecule has 0 aliphatic rings. The summed E-state index contributed by atoms with van der Waals surface area (Å²) in [5, 5.41) is 0. The first-order valence-electron chi connectivity index (χ1n) is 5.70. The van der Waals surface area contributed by atoms with Gasteiger partial charge in [-0.15, -0.1) is 11.3 Å². The van der Waals surface area contributed by atoms with Crippen LogP contribution in [0.2, 0.25) is 0 Å². The zero-order valence-corrected chi connectivity index (χ0v) is 12.0. The van der Waals surface area contributed by atoms with E-state index in [2.05, 4.69) is 37.3 Å². The highest BCUT2D eigenvalue weighted by molar-refractivity contribution is 7.98. The third kappa shape index (κ3) is 3.77. The van der Waals surface area contributed by atoms with Crippen molar-refractivity contribution in [3.8, 4) is 0 Å². The van der Waals surface area contributed by atoms with Gasteiger partial charge in [-0.2, -0.15) is 11.8 Å². The van der Waals surface area contributed by atoms with Crippen molar-refractivity contribution in [1.29, 1.82) is 0 Å². The van der Waals surface area contributed by atoms with Gasteiger partial charge < -0.3 is 5.73 Å². The summed E-state index contributed by atoms with van der Waals surface area (Å²) in [6, 6.07) is 4.85. The maximum atomic E-state index is 5.89. The second-order valence-corrected chi connectivity index (χ2v) is 6.07. The minimum atomic E-state index is 0.387. The van der Waals surface area contributed by atoms with Crippen LogP contribution in [-0.2, 0) is 6.42 Å². The van der Waals surface area contributed by atoms with E-state index in [4.69, 9.17) is 5.73 Å². The fraction of sp³-hybridized carbons (Fsp3) is 0.667. The van der Waals surface area contributed by atoms with Gasteiger partial charge in [-0.3, -0.25) is 4.90 Å². The largest absolute Gasteiger partial charge is 0.329 e. The molecule has 1 aromatic heterocycles. The van der Waals surface area contributed by atoms with Crippen molar-refractivity contribution in [3.63, 3.8) is 0 Å². The summed E-state index contributed by atoms with van der Waals surface area (Å²) >= 11 is 3.78. The van der Waals surface area contributed by atoms with Crippen molar-refractivity contribution in [1.82, 2.24) is 4.90 Å². The molecule has 1 unspecified atom stereocenters. The molecule has 2 nitrogen and oxygen atoms in total. The summed E-state index contributed by atoms with van der Waals surface area (Å²) in [4.78, 5) is 5.22. The summed E-state index contributed by atoms with van der Waals surface area (Å²) in [5.41, 5.74) is 5.89. The summed E-state index contributed by atoms with van der Waals surface area (Å²) < 4.78 is 0. The molecule has 1 atom stereocenters. The smallest absolute Gasteiger partial charge is 0.0562 e. The molecular formula is C12H22N2S2. The molecular weight excluding hydrogens is 236 g/mol. The molecule has 0 aliphatic carbocycles. The molecule has 0 fully saturated rings. The van der Waals surface area contributed by atoms with E-state index in [0.717, 1.165) is 13.0 Å². The normalized spacial score (nSPS) is 13.3. The van der Waals surface area contributed by atoms with Crippen molar-refractivity contribution in [3.05, 3.63) is 21.9 Å². The highest BCUT2D eigenvalue weighted by Crippen LogP contribution is 2.26. The predicted octanol–water partition coefficient (Wildman–Crippen LogP) is 2.61. The molecule has 0 bridgehead atoms. The molecule has 1 rings (SSSR count). The first-order valence-corrected chi connectivity index (χ1v) is 7.91. The van der Waals surface area contributed by atoms with Crippen molar-refractivity contribution in [2.75, 3.05) is 32.1 Å². The Morgan fingerprint density at radius 3 is 2.75 bits per heavy atom. The Morgan fingerprint density at radius 1 is 1.50 bits per heavy atom. The van der Waals surface area contributed by atoms with E-state index in [1.165, 1.54) is 15.5 Å². The maximum Gasteiger partial charge on any atom is 0.0562 e. The molecule has 0 aliphatic heterocycles. The van der Waals surface area contributed by atoms with Crippen LogP contribution in [0.1, 0.15) is 22.7 Å². The van der Waals surface area contributed by atoms with Gasteiger partial charge in [-0.25, -0.2) is 0 Å². The van der Waals surface area contributed by atoms with Crippen LogP contribution >= 0.6 is 23.1 Å². The Labute approximate surface area is 107 Å². The number of hydrogen-bond acceptors (Lipinski definition) is 4. The minimum Gasteiger partial charge on any atom is -0.329 e. The van der Waals surface area contributed by atoms with Crippen LogP contribution in [0.4, 0.5) is 0 Å². The fourth-order valence-corrected chi connectivity index (χ4v) is 3.27. The molecule has 16 heavy (non-hydrogen) atoms. The quantitative estimate of drug-likeness (QED) is 0.815. The molecule has 0 aromatic carbocycles. The Kier molecular flexibility index (Phi) is 6.43. The highest BCUT2D eigenvalue weighted by atomic mass is 32.2.